The second-order valence-corrected chi connectivity index (χ2v) is 8.52. The van der Waals surface area contributed by atoms with Crippen LogP contribution in [0.2, 0.25) is 0 Å². The van der Waals surface area contributed by atoms with E-state index in [4.69, 9.17) is 4.74 Å². The molecule has 0 aliphatic carbocycles. The van der Waals surface area contributed by atoms with Crippen molar-refractivity contribution in [3.05, 3.63) is 83.2 Å². The molecule has 0 saturated carbocycles. The number of ether oxygens (including phenoxy) is 1. The molecule has 0 radical (unpaired) electrons. The number of carbonyl (C=O) groups is 1. The van der Waals surface area contributed by atoms with Gasteiger partial charge in [-0.25, -0.2) is 0 Å². The van der Waals surface area contributed by atoms with Gasteiger partial charge in [0.15, 0.2) is 5.69 Å². The van der Waals surface area contributed by atoms with Crippen molar-refractivity contribution in [1.29, 1.82) is 0 Å². The maximum Gasteiger partial charge on any atom is 0.416 e. The molecule has 0 unspecified atom stereocenters. The van der Waals surface area contributed by atoms with E-state index in [0.717, 1.165) is 48.2 Å². The number of benzene rings is 1. The van der Waals surface area contributed by atoms with E-state index in [1.54, 1.807) is 9.36 Å². The van der Waals surface area contributed by atoms with Gasteiger partial charge in [-0.15, -0.1) is 10.2 Å². The highest BCUT2D eigenvalue weighted by Crippen LogP contribution is 2.29. The van der Waals surface area contributed by atoms with Crippen molar-refractivity contribution < 1.29 is 22.7 Å². The molecule has 1 amide bonds. The summed E-state index contributed by atoms with van der Waals surface area (Å²) in [5, 5.41) is 18.7. The van der Waals surface area contributed by atoms with E-state index in [0.29, 0.717) is 26.1 Å². The van der Waals surface area contributed by atoms with Crippen LogP contribution >= 0.6 is 0 Å². The molecule has 1 aromatic carbocycles. The van der Waals surface area contributed by atoms with Crippen LogP contribution in [-0.4, -0.2) is 47.5 Å². The van der Waals surface area contributed by atoms with Gasteiger partial charge in [0, 0.05) is 31.9 Å². The fraction of sp³-hybridized carbons (Fsp3) is 0.360. The predicted molar refractivity (Wildman–Crippen MR) is 130 cm³/mol. The Morgan fingerprint density at radius 1 is 1.00 bits per heavy atom. The van der Waals surface area contributed by atoms with E-state index in [2.05, 4.69) is 30.9 Å². The summed E-state index contributed by atoms with van der Waals surface area (Å²) in [7, 11) is 0. The zero-order chi connectivity index (χ0) is 27.0. The lowest BCUT2D eigenvalue weighted by atomic mass is 10.1. The van der Waals surface area contributed by atoms with Crippen molar-refractivity contribution in [3.63, 3.8) is 0 Å². The average molecular weight is 529 g/mol. The minimum Gasteiger partial charge on any atom is -0.494 e. The van der Waals surface area contributed by atoms with Crippen LogP contribution in [0.1, 0.15) is 52.8 Å². The SMILES string of the molecule is CCOc1cccc(Cc2cn(CCCCn3cc(C(=O)NCc4cc(C(F)(F)F)ccn4)nn3)nn2)c1. The molecule has 13 heteroatoms. The van der Waals surface area contributed by atoms with Gasteiger partial charge in [0.25, 0.3) is 5.91 Å². The van der Waals surface area contributed by atoms with Gasteiger partial charge in [-0.05, 0) is 49.6 Å². The van der Waals surface area contributed by atoms with Crippen molar-refractivity contribution in [2.75, 3.05) is 6.61 Å². The number of nitrogens with zero attached hydrogens (tertiary/aromatic N) is 7. The molecule has 4 aromatic rings. The third-order valence-electron chi connectivity index (χ3n) is 5.55. The summed E-state index contributed by atoms with van der Waals surface area (Å²) in [6, 6.07) is 9.68. The average Bonchev–Trinajstić information content (AvgIpc) is 3.55. The molecule has 3 heterocycles. The summed E-state index contributed by atoms with van der Waals surface area (Å²) >= 11 is 0. The lowest BCUT2D eigenvalue weighted by molar-refractivity contribution is -0.137. The molecule has 3 aromatic heterocycles. The fourth-order valence-electron chi connectivity index (χ4n) is 3.72. The van der Waals surface area contributed by atoms with E-state index < -0.39 is 17.6 Å². The van der Waals surface area contributed by atoms with Crippen molar-refractivity contribution >= 4 is 5.91 Å². The Kier molecular flexibility index (Phi) is 8.66. The van der Waals surface area contributed by atoms with E-state index in [1.165, 1.54) is 6.20 Å². The van der Waals surface area contributed by atoms with Gasteiger partial charge in [0.2, 0.25) is 0 Å². The molecule has 10 nitrogen and oxygen atoms in total. The summed E-state index contributed by atoms with van der Waals surface area (Å²) in [6.45, 7) is 3.62. The van der Waals surface area contributed by atoms with Gasteiger partial charge in [0.1, 0.15) is 5.75 Å². The van der Waals surface area contributed by atoms with Gasteiger partial charge in [0.05, 0.1) is 36.3 Å². The summed E-state index contributed by atoms with van der Waals surface area (Å²) in [6.07, 6.45) is 2.24. The first-order valence-electron chi connectivity index (χ1n) is 12.1. The van der Waals surface area contributed by atoms with Crippen LogP contribution in [-0.2, 0) is 32.2 Å². The minimum absolute atomic E-state index is 0.0753. The lowest BCUT2D eigenvalue weighted by Gasteiger charge is -2.08. The highest BCUT2D eigenvalue weighted by Gasteiger charge is 2.30. The van der Waals surface area contributed by atoms with Crippen molar-refractivity contribution in [1.82, 2.24) is 40.3 Å². The molecule has 0 aliphatic rings. The molecule has 0 aliphatic heterocycles. The number of halogens is 3. The third kappa shape index (κ3) is 7.60. The summed E-state index contributed by atoms with van der Waals surface area (Å²) < 4.78 is 47.4. The number of hydrogen-bond acceptors (Lipinski definition) is 7. The quantitative estimate of drug-likeness (QED) is 0.279. The smallest absolute Gasteiger partial charge is 0.416 e. The van der Waals surface area contributed by atoms with Crippen LogP contribution in [0, 0.1) is 0 Å². The number of hydrogen-bond donors (Lipinski definition) is 1. The maximum absolute atomic E-state index is 12.8. The van der Waals surface area contributed by atoms with Gasteiger partial charge < -0.3 is 10.1 Å². The Hall–Kier alpha value is -4.29. The van der Waals surface area contributed by atoms with Gasteiger partial charge in [-0.1, -0.05) is 22.6 Å². The molecule has 0 atom stereocenters. The van der Waals surface area contributed by atoms with E-state index >= 15 is 0 Å². The maximum atomic E-state index is 12.8. The normalized spacial score (nSPS) is 11.5. The van der Waals surface area contributed by atoms with E-state index in [9.17, 15) is 18.0 Å². The topological polar surface area (TPSA) is 113 Å². The molecular weight excluding hydrogens is 501 g/mol. The zero-order valence-corrected chi connectivity index (χ0v) is 20.7. The highest BCUT2D eigenvalue weighted by molar-refractivity contribution is 5.91. The Balaban J connectivity index is 1.19. The number of alkyl halides is 3. The van der Waals surface area contributed by atoms with Crippen LogP contribution in [0.5, 0.6) is 5.75 Å². The Morgan fingerprint density at radius 2 is 1.76 bits per heavy atom. The van der Waals surface area contributed by atoms with Crippen LogP contribution in [0.3, 0.4) is 0 Å². The van der Waals surface area contributed by atoms with E-state index in [-0.39, 0.29) is 17.9 Å². The van der Waals surface area contributed by atoms with Crippen LogP contribution < -0.4 is 10.1 Å². The monoisotopic (exact) mass is 528 g/mol. The number of rotatable bonds is 12. The number of amides is 1. The molecule has 0 bridgehead atoms. The molecule has 38 heavy (non-hydrogen) atoms. The van der Waals surface area contributed by atoms with Crippen LogP contribution in [0.4, 0.5) is 13.2 Å². The first-order valence-corrected chi connectivity index (χ1v) is 12.1. The zero-order valence-electron chi connectivity index (χ0n) is 20.7. The largest absolute Gasteiger partial charge is 0.494 e. The Labute approximate surface area is 216 Å². The number of unbranched alkanes of at least 4 members (excludes halogenated alkanes) is 1. The lowest BCUT2D eigenvalue weighted by Crippen LogP contribution is -2.24. The molecule has 0 fully saturated rings. The van der Waals surface area contributed by atoms with E-state index in [1.807, 2.05) is 37.4 Å². The molecule has 1 N–H and O–H groups in total. The first-order chi connectivity index (χ1) is 18.3. The number of aryl methyl sites for hydroxylation is 2. The standard InChI is InChI=1S/C25H27F3N8O2/c1-2-38-22-7-5-6-18(13-22)12-21-16-35(33-31-21)10-3-4-11-36-17-23(32-34-36)24(37)30-15-20-14-19(8-9-29-20)25(26,27)28/h5-9,13-14,16-17H,2-4,10-12,15H2,1H3,(H,30,37). The Morgan fingerprint density at radius 3 is 2.53 bits per heavy atom. The second kappa shape index (κ2) is 12.3. The second-order valence-electron chi connectivity index (χ2n) is 8.52. The number of nitrogens with one attached hydrogen (secondary N) is 1. The van der Waals surface area contributed by atoms with Crippen LogP contribution in [0.25, 0.3) is 0 Å². The number of carbonyl (C=O) groups excluding carboxylic acids is 1. The van der Waals surface area contributed by atoms with Crippen molar-refractivity contribution in [2.45, 2.75) is 52.0 Å². The van der Waals surface area contributed by atoms with Crippen molar-refractivity contribution in [2.24, 2.45) is 0 Å². The minimum atomic E-state index is -4.48. The first kappa shape index (κ1) is 26.8. The summed E-state index contributed by atoms with van der Waals surface area (Å²) in [4.78, 5) is 16.2. The highest BCUT2D eigenvalue weighted by atomic mass is 19.4. The van der Waals surface area contributed by atoms with Crippen LogP contribution in [0.15, 0.2) is 55.0 Å². The molecule has 0 spiro atoms. The predicted octanol–water partition coefficient (Wildman–Crippen LogP) is 3.68. The molecular formula is C25H27F3N8O2. The molecule has 0 saturated heterocycles. The Bertz CT molecular complexity index is 1350. The number of aromatic nitrogens is 7. The molecule has 200 valence electrons. The van der Waals surface area contributed by atoms with Gasteiger partial charge in [-0.3, -0.25) is 19.1 Å². The molecule has 4 rings (SSSR count). The summed E-state index contributed by atoms with van der Waals surface area (Å²) in [5.41, 5.74) is 1.31. The third-order valence-corrected chi connectivity index (χ3v) is 5.55. The van der Waals surface area contributed by atoms with Crippen molar-refractivity contribution in [3.8, 4) is 5.75 Å². The fourth-order valence-corrected chi connectivity index (χ4v) is 3.72. The van der Waals surface area contributed by atoms with Gasteiger partial charge >= 0.3 is 6.18 Å². The van der Waals surface area contributed by atoms with Gasteiger partial charge in [-0.2, -0.15) is 13.2 Å². The number of pyridine rings is 1. The summed E-state index contributed by atoms with van der Waals surface area (Å²) in [5.74, 6) is 0.288.